The number of hydrogen-bond acceptors (Lipinski definition) is 2. The molecule has 0 aromatic carbocycles. The molecule has 1 aliphatic carbocycles. The van der Waals surface area contributed by atoms with E-state index >= 15 is 0 Å². The van der Waals surface area contributed by atoms with Crippen molar-refractivity contribution >= 4 is 11.6 Å². The lowest BCUT2D eigenvalue weighted by molar-refractivity contribution is 0.415. The van der Waals surface area contributed by atoms with E-state index in [-0.39, 0.29) is 22.4 Å². The number of H-pyrrole nitrogens is 1. The highest BCUT2D eigenvalue weighted by molar-refractivity contribution is 6.29. The van der Waals surface area contributed by atoms with Gasteiger partial charge < -0.3 is 0 Å². The number of nitrogens with one attached hydrogen (secondary N) is 1. The van der Waals surface area contributed by atoms with E-state index in [2.05, 4.69) is 4.98 Å². The summed E-state index contributed by atoms with van der Waals surface area (Å²) in [6.45, 7) is 0. The zero-order chi connectivity index (χ0) is 11.5. The quantitative estimate of drug-likeness (QED) is 0.606. The summed E-state index contributed by atoms with van der Waals surface area (Å²) in [5.74, 6) is 0. The van der Waals surface area contributed by atoms with E-state index in [1.54, 1.807) is 0 Å². The molecule has 16 heavy (non-hydrogen) atoms. The predicted molar refractivity (Wildman–Crippen MR) is 63.1 cm³/mol. The second-order valence-electron chi connectivity index (χ2n) is 4.28. The van der Waals surface area contributed by atoms with Gasteiger partial charge >= 0.3 is 5.69 Å². The monoisotopic (exact) mass is 242 g/mol. The molecular weight excluding hydrogens is 228 g/mol. The molecule has 0 amide bonds. The van der Waals surface area contributed by atoms with Crippen molar-refractivity contribution < 1.29 is 0 Å². The van der Waals surface area contributed by atoms with Gasteiger partial charge in [0.2, 0.25) is 0 Å². The third-order valence-corrected chi connectivity index (χ3v) is 3.33. The molecule has 1 aromatic heterocycles. The number of nitrogens with zero attached hydrogens (tertiary/aromatic N) is 1. The average Bonchev–Trinajstić information content (AvgIpc) is 2.44. The first-order valence-electron chi connectivity index (χ1n) is 5.70. The molecule has 1 saturated carbocycles. The van der Waals surface area contributed by atoms with Gasteiger partial charge in [-0.1, -0.05) is 37.3 Å². The second kappa shape index (κ2) is 4.87. The molecule has 0 atom stereocenters. The molecule has 1 fully saturated rings. The number of aromatic amines is 1. The minimum Gasteiger partial charge on any atom is -0.298 e. The molecule has 1 aromatic rings. The Balaban J connectivity index is 2.39. The summed E-state index contributed by atoms with van der Waals surface area (Å²) >= 11 is 5.62. The van der Waals surface area contributed by atoms with Crippen LogP contribution in [0, 0.1) is 0 Å². The van der Waals surface area contributed by atoms with Gasteiger partial charge in [0.1, 0.15) is 5.15 Å². The molecular formula is C11H15ClN2O2. The fourth-order valence-electron chi connectivity index (χ4n) is 2.34. The standard InChI is InChI=1S/C11H15ClN2O2/c12-9-7-10(15)14(11(16)13-9)8-5-3-1-2-4-6-8/h7-8H,1-6H2,(H,13,16). The van der Waals surface area contributed by atoms with E-state index in [1.807, 2.05) is 0 Å². The molecule has 1 N–H and O–H groups in total. The maximum atomic E-state index is 11.7. The molecule has 0 spiro atoms. The van der Waals surface area contributed by atoms with Crippen molar-refractivity contribution in [1.29, 1.82) is 0 Å². The van der Waals surface area contributed by atoms with Crippen LogP contribution in [0.5, 0.6) is 0 Å². The highest BCUT2D eigenvalue weighted by Gasteiger charge is 2.17. The van der Waals surface area contributed by atoms with Crippen LogP contribution in [0.1, 0.15) is 44.6 Å². The highest BCUT2D eigenvalue weighted by atomic mass is 35.5. The Morgan fingerprint density at radius 3 is 2.38 bits per heavy atom. The molecule has 5 heteroatoms. The van der Waals surface area contributed by atoms with Crippen LogP contribution in [0.3, 0.4) is 0 Å². The van der Waals surface area contributed by atoms with Gasteiger partial charge in [0.15, 0.2) is 0 Å². The lowest BCUT2D eigenvalue weighted by Gasteiger charge is -2.15. The van der Waals surface area contributed by atoms with Gasteiger partial charge in [0.05, 0.1) is 0 Å². The van der Waals surface area contributed by atoms with Gasteiger partial charge in [-0.05, 0) is 12.8 Å². The van der Waals surface area contributed by atoms with Crippen LogP contribution in [0.4, 0.5) is 0 Å². The zero-order valence-corrected chi connectivity index (χ0v) is 9.79. The molecule has 0 bridgehead atoms. The van der Waals surface area contributed by atoms with Crippen molar-refractivity contribution in [2.45, 2.75) is 44.6 Å². The van der Waals surface area contributed by atoms with Crippen LogP contribution in [-0.2, 0) is 0 Å². The smallest absolute Gasteiger partial charge is 0.298 e. The molecule has 0 unspecified atom stereocenters. The van der Waals surface area contributed by atoms with Gasteiger partial charge in [-0.15, -0.1) is 0 Å². The first-order chi connectivity index (χ1) is 7.68. The Hall–Kier alpha value is -1.03. The van der Waals surface area contributed by atoms with Gasteiger partial charge in [-0.2, -0.15) is 0 Å². The van der Waals surface area contributed by atoms with Crippen molar-refractivity contribution in [2.75, 3.05) is 0 Å². The molecule has 0 aliphatic heterocycles. The molecule has 1 heterocycles. The van der Waals surface area contributed by atoms with Crippen LogP contribution >= 0.6 is 11.6 Å². The van der Waals surface area contributed by atoms with E-state index in [0.29, 0.717) is 0 Å². The number of aromatic nitrogens is 2. The van der Waals surface area contributed by atoms with Crippen LogP contribution < -0.4 is 11.2 Å². The largest absolute Gasteiger partial charge is 0.329 e. The topological polar surface area (TPSA) is 54.9 Å². The fraction of sp³-hybridized carbons (Fsp3) is 0.636. The molecule has 2 rings (SSSR count). The predicted octanol–water partition coefficient (Wildman–Crippen LogP) is 2.09. The first-order valence-corrected chi connectivity index (χ1v) is 6.07. The van der Waals surface area contributed by atoms with Crippen LogP contribution in [0.2, 0.25) is 5.15 Å². The maximum absolute atomic E-state index is 11.7. The summed E-state index contributed by atoms with van der Waals surface area (Å²) in [4.78, 5) is 25.9. The normalized spacial score (nSPS) is 18.3. The Morgan fingerprint density at radius 2 is 1.81 bits per heavy atom. The lowest BCUT2D eigenvalue weighted by Crippen LogP contribution is -2.37. The SMILES string of the molecule is O=c1cc(Cl)[nH]c(=O)n1C1CCCCCC1. The van der Waals surface area contributed by atoms with Crippen molar-refractivity contribution in [3.8, 4) is 0 Å². The van der Waals surface area contributed by atoms with E-state index in [0.717, 1.165) is 25.7 Å². The summed E-state index contributed by atoms with van der Waals surface area (Å²) in [5, 5.41) is 0.111. The van der Waals surface area contributed by atoms with Crippen LogP contribution in [0.15, 0.2) is 15.7 Å². The Kier molecular flexibility index (Phi) is 3.49. The number of rotatable bonds is 1. The summed E-state index contributed by atoms with van der Waals surface area (Å²) in [6, 6.07) is 1.31. The molecule has 0 saturated heterocycles. The minimum atomic E-state index is -0.385. The first kappa shape index (κ1) is 11.5. The number of hydrogen-bond donors (Lipinski definition) is 1. The number of halogens is 1. The van der Waals surface area contributed by atoms with Crippen molar-refractivity contribution in [2.24, 2.45) is 0 Å². The van der Waals surface area contributed by atoms with Crippen molar-refractivity contribution in [3.05, 3.63) is 32.1 Å². The third-order valence-electron chi connectivity index (χ3n) is 3.12. The molecule has 1 aliphatic rings. The average molecular weight is 243 g/mol. The molecule has 0 radical (unpaired) electrons. The van der Waals surface area contributed by atoms with Gasteiger partial charge in [-0.25, -0.2) is 4.79 Å². The van der Waals surface area contributed by atoms with Crippen molar-refractivity contribution in [1.82, 2.24) is 9.55 Å². The third kappa shape index (κ3) is 2.38. The zero-order valence-electron chi connectivity index (χ0n) is 9.04. The van der Waals surface area contributed by atoms with Crippen molar-refractivity contribution in [3.63, 3.8) is 0 Å². The minimum absolute atomic E-state index is 0.0380. The second-order valence-corrected chi connectivity index (χ2v) is 4.68. The highest BCUT2D eigenvalue weighted by Crippen LogP contribution is 2.24. The Labute approximate surface area is 98.3 Å². The summed E-state index contributed by atoms with van der Waals surface area (Å²) in [5.41, 5.74) is -0.676. The summed E-state index contributed by atoms with van der Waals surface area (Å²) in [7, 11) is 0. The maximum Gasteiger partial charge on any atom is 0.329 e. The Bertz CT molecular complexity index is 438. The Morgan fingerprint density at radius 1 is 1.19 bits per heavy atom. The van der Waals surface area contributed by atoms with E-state index < -0.39 is 0 Å². The van der Waals surface area contributed by atoms with E-state index in [4.69, 9.17) is 11.6 Å². The van der Waals surface area contributed by atoms with Crippen LogP contribution in [-0.4, -0.2) is 9.55 Å². The van der Waals surface area contributed by atoms with Crippen LogP contribution in [0.25, 0.3) is 0 Å². The fourth-order valence-corrected chi connectivity index (χ4v) is 2.51. The molecule has 88 valence electrons. The lowest BCUT2D eigenvalue weighted by atomic mass is 10.1. The summed E-state index contributed by atoms with van der Waals surface area (Å²) in [6.07, 6.45) is 6.36. The van der Waals surface area contributed by atoms with E-state index in [1.165, 1.54) is 23.5 Å². The molecule has 4 nitrogen and oxygen atoms in total. The summed E-state index contributed by atoms with van der Waals surface area (Å²) < 4.78 is 1.32. The van der Waals surface area contributed by atoms with E-state index in [9.17, 15) is 9.59 Å². The van der Waals surface area contributed by atoms with Gasteiger partial charge in [-0.3, -0.25) is 14.3 Å². The van der Waals surface area contributed by atoms with Gasteiger partial charge in [0.25, 0.3) is 5.56 Å². The van der Waals surface area contributed by atoms with Gasteiger partial charge in [0, 0.05) is 12.1 Å².